The molecule has 0 saturated carbocycles. The molecule has 2 N–H and O–H groups in total. The van der Waals surface area contributed by atoms with Crippen molar-refractivity contribution < 1.29 is 19.4 Å². The lowest BCUT2D eigenvalue weighted by Crippen LogP contribution is -2.41. The molecule has 3 atom stereocenters. The third-order valence-electron chi connectivity index (χ3n) is 7.27. The van der Waals surface area contributed by atoms with Crippen LogP contribution in [0.1, 0.15) is 70.7 Å². The van der Waals surface area contributed by atoms with Gasteiger partial charge in [0.05, 0.1) is 18.8 Å². The minimum Gasteiger partial charge on any atom is -0.392 e. The Morgan fingerprint density at radius 1 is 0.838 bits per heavy atom. The zero-order valence-electron chi connectivity index (χ0n) is 21.2. The number of piperidine rings is 1. The highest BCUT2D eigenvalue weighted by atomic mass is 16.7. The Bertz CT molecular complexity index is 1130. The van der Waals surface area contributed by atoms with Crippen molar-refractivity contribution in [1.29, 1.82) is 0 Å². The number of ether oxygens (including phenoxy) is 2. The zero-order chi connectivity index (χ0) is 25.5. The lowest BCUT2D eigenvalue weighted by atomic mass is 9.99. The van der Waals surface area contributed by atoms with E-state index in [0.717, 1.165) is 48.3 Å². The molecule has 3 aromatic carbocycles. The van der Waals surface area contributed by atoms with Gasteiger partial charge in [-0.25, -0.2) is 0 Å². The summed E-state index contributed by atoms with van der Waals surface area (Å²) in [5, 5.41) is 12.4. The van der Waals surface area contributed by atoms with E-state index in [1.807, 2.05) is 66.7 Å². The molecular formula is C31H36N2O4. The first-order chi connectivity index (χ1) is 18.2. The maximum absolute atomic E-state index is 12.4. The molecule has 2 fully saturated rings. The lowest BCUT2D eigenvalue weighted by molar-refractivity contribution is -0.253. The van der Waals surface area contributed by atoms with Crippen LogP contribution in [0.15, 0.2) is 78.9 Å². The molecule has 2 heterocycles. The maximum atomic E-state index is 12.4. The summed E-state index contributed by atoms with van der Waals surface area (Å²) >= 11 is 0. The predicted octanol–water partition coefficient (Wildman–Crippen LogP) is 5.14. The summed E-state index contributed by atoms with van der Waals surface area (Å²) in [4.78, 5) is 14.9. The SMILES string of the molecule is O=C(NCc1ccc(C2OC(CN3CCCCC3)CC(c3ccc(CO)cc3)O2)cc1)c1ccccc1. The van der Waals surface area contributed by atoms with E-state index in [9.17, 15) is 9.90 Å². The predicted molar refractivity (Wildman–Crippen MR) is 143 cm³/mol. The number of likely N-dealkylation sites (tertiary alicyclic amines) is 1. The first-order valence-electron chi connectivity index (χ1n) is 13.3. The summed E-state index contributed by atoms with van der Waals surface area (Å²) in [6.07, 6.45) is 4.15. The van der Waals surface area contributed by atoms with E-state index in [2.05, 4.69) is 22.3 Å². The Morgan fingerprint density at radius 2 is 1.51 bits per heavy atom. The van der Waals surface area contributed by atoms with Gasteiger partial charge in [0, 0.05) is 30.6 Å². The van der Waals surface area contributed by atoms with Crippen molar-refractivity contribution in [2.24, 2.45) is 0 Å². The van der Waals surface area contributed by atoms with Crippen LogP contribution in [0.2, 0.25) is 0 Å². The van der Waals surface area contributed by atoms with Gasteiger partial charge in [0.15, 0.2) is 6.29 Å². The summed E-state index contributed by atoms with van der Waals surface area (Å²) < 4.78 is 13.0. The van der Waals surface area contributed by atoms with Gasteiger partial charge in [0.1, 0.15) is 0 Å². The van der Waals surface area contributed by atoms with Crippen LogP contribution < -0.4 is 5.32 Å². The Balaban J connectivity index is 1.26. The van der Waals surface area contributed by atoms with Gasteiger partial charge in [-0.1, -0.05) is 73.2 Å². The number of hydrogen-bond acceptors (Lipinski definition) is 5. The quantitative estimate of drug-likeness (QED) is 0.448. The monoisotopic (exact) mass is 500 g/mol. The molecule has 2 aliphatic heterocycles. The number of benzene rings is 3. The van der Waals surface area contributed by atoms with E-state index in [0.29, 0.717) is 12.1 Å². The van der Waals surface area contributed by atoms with Crippen molar-refractivity contribution in [2.75, 3.05) is 19.6 Å². The first kappa shape index (κ1) is 25.6. The second-order valence-electron chi connectivity index (χ2n) is 10.0. The Hall–Kier alpha value is -3.03. The maximum Gasteiger partial charge on any atom is 0.251 e. The molecule has 3 unspecified atom stereocenters. The van der Waals surface area contributed by atoms with Crippen molar-refractivity contribution in [3.05, 3.63) is 107 Å². The van der Waals surface area contributed by atoms with E-state index in [4.69, 9.17) is 9.47 Å². The van der Waals surface area contributed by atoms with E-state index in [1.54, 1.807) is 0 Å². The van der Waals surface area contributed by atoms with Gasteiger partial charge in [-0.15, -0.1) is 0 Å². The largest absolute Gasteiger partial charge is 0.392 e. The van der Waals surface area contributed by atoms with Crippen LogP contribution in [-0.4, -0.2) is 41.7 Å². The standard InChI is InChI=1S/C31H36N2O4/c34-22-24-11-13-25(14-12-24)29-19-28(21-33-17-5-2-6-18-33)36-31(37-29)27-15-9-23(10-16-27)20-32-30(35)26-7-3-1-4-8-26/h1,3-4,7-16,28-29,31,34H,2,5-6,17-22H2,(H,32,35). The average Bonchev–Trinajstić information content (AvgIpc) is 2.97. The van der Waals surface area contributed by atoms with Crippen LogP contribution in [0, 0.1) is 0 Å². The van der Waals surface area contributed by atoms with Crippen LogP contribution in [-0.2, 0) is 22.6 Å². The molecule has 37 heavy (non-hydrogen) atoms. The Labute approximate surface area is 219 Å². The summed E-state index contributed by atoms with van der Waals surface area (Å²) in [5.41, 5.74) is 4.64. The fourth-order valence-corrected chi connectivity index (χ4v) is 5.13. The summed E-state index contributed by atoms with van der Waals surface area (Å²) in [7, 11) is 0. The number of nitrogens with zero attached hydrogens (tertiary/aromatic N) is 1. The summed E-state index contributed by atoms with van der Waals surface area (Å²) in [5.74, 6) is -0.0840. The minimum absolute atomic E-state index is 0.0350. The molecule has 1 amide bonds. The van der Waals surface area contributed by atoms with E-state index >= 15 is 0 Å². The van der Waals surface area contributed by atoms with Gasteiger partial charge < -0.3 is 24.8 Å². The van der Waals surface area contributed by atoms with Crippen LogP contribution in [0.3, 0.4) is 0 Å². The van der Waals surface area contributed by atoms with E-state index < -0.39 is 6.29 Å². The van der Waals surface area contributed by atoms with Crippen molar-refractivity contribution in [3.8, 4) is 0 Å². The van der Waals surface area contributed by atoms with Gasteiger partial charge in [-0.05, 0) is 54.8 Å². The topological polar surface area (TPSA) is 71.0 Å². The van der Waals surface area contributed by atoms with Crippen molar-refractivity contribution in [3.63, 3.8) is 0 Å². The van der Waals surface area contributed by atoms with Gasteiger partial charge in [0.25, 0.3) is 5.91 Å². The summed E-state index contributed by atoms with van der Waals surface area (Å²) in [6.45, 7) is 3.66. The second kappa shape index (κ2) is 12.5. The molecule has 2 aliphatic rings. The van der Waals surface area contributed by atoms with Crippen LogP contribution in [0.4, 0.5) is 0 Å². The number of carbonyl (C=O) groups is 1. The lowest BCUT2D eigenvalue weighted by Gasteiger charge is -2.39. The number of amides is 1. The molecule has 0 radical (unpaired) electrons. The molecule has 6 nitrogen and oxygen atoms in total. The first-order valence-corrected chi connectivity index (χ1v) is 13.3. The number of hydrogen-bond donors (Lipinski definition) is 2. The molecule has 5 rings (SSSR count). The molecule has 3 aromatic rings. The molecule has 0 bridgehead atoms. The fraction of sp³-hybridized carbons (Fsp3) is 0.387. The Kier molecular flexibility index (Phi) is 8.64. The van der Waals surface area contributed by atoms with Crippen molar-refractivity contribution >= 4 is 5.91 Å². The molecule has 0 aromatic heterocycles. The highest BCUT2D eigenvalue weighted by Crippen LogP contribution is 2.38. The van der Waals surface area contributed by atoms with Gasteiger partial charge in [-0.2, -0.15) is 0 Å². The van der Waals surface area contributed by atoms with Crippen molar-refractivity contribution in [2.45, 2.75) is 57.3 Å². The Morgan fingerprint density at radius 3 is 2.22 bits per heavy atom. The van der Waals surface area contributed by atoms with Crippen LogP contribution >= 0.6 is 0 Å². The zero-order valence-corrected chi connectivity index (χ0v) is 21.2. The van der Waals surface area contributed by atoms with Crippen LogP contribution in [0.5, 0.6) is 0 Å². The molecule has 6 heteroatoms. The number of aliphatic hydroxyl groups is 1. The fourth-order valence-electron chi connectivity index (χ4n) is 5.13. The number of carbonyl (C=O) groups excluding carboxylic acids is 1. The molecular weight excluding hydrogens is 464 g/mol. The van der Waals surface area contributed by atoms with E-state index in [1.165, 1.54) is 19.3 Å². The molecule has 2 saturated heterocycles. The highest BCUT2D eigenvalue weighted by molar-refractivity contribution is 5.94. The van der Waals surface area contributed by atoms with Gasteiger partial charge in [-0.3, -0.25) is 4.79 Å². The second-order valence-corrected chi connectivity index (χ2v) is 10.0. The molecule has 0 aliphatic carbocycles. The number of aliphatic hydroxyl groups excluding tert-OH is 1. The van der Waals surface area contributed by atoms with Gasteiger partial charge in [0.2, 0.25) is 0 Å². The van der Waals surface area contributed by atoms with E-state index in [-0.39, 0.29) is 24.7 Å². The molecule has 194 valence electrons. The summed E-state index contributed by atoms with van der Waals surface area (Å²) in [6, 6.07) is 25.4. The third kappa shape index (κ3) is 6.84. The normalized spacial score (nSPS) is 22.5. The highest BCUT2D eigenvalue weighted by Gasteiger charge is 2.33. The number of rotatable bonds is 8. The van der Waals surface area contributed by atoms with Gasteiger partial charge >= 0.3 is 0 Å². The van der Waals surface area contributed by atoms with Crippen LogP contribution in [0.25, 0.3) is 0 Å². The average molecular weight is 501 g/mol. The molecule has 0 spiro atoms. The smallest absolute Gasteiger partial charge is 0.251 e. The number of nitrogens with one attached hydrogen (secondary N) is 1. The third-order valence-corrected chi connectivity index (χ3v) is 7.27. The van der Waals surface area contributed by atoms with Crippen molar-refractivity contribution in [1.82, 2.24) is 10.2 Å². The minimum atomic E-state index is -0.459.